The summed E-state index contributed by atoms with van der Waals surface area (Å²) in [4.78, 5) is 0. The minimum atomic E-state index is 0.242. The Bertz CT molecular complexity index is 536. The molecule has 0 spiro atoms. The number of hydrogen-bond acceptors (Lipinski definition) is 2. The predicted molar refractivity (Wildman–Crippen MR) is 84.1 cm³/mol. The number of halogens is 1. The molecule has 0 saturated heterocycles. The van der Waals surface area contributed by atoms with Crippen LogP contribution in [0.3, 0.4) is 0 Å². The molecule has 0 aliphatic carbocycles. The van der Waals surface area contributed by atoms with Crippen LogP contribution < -0.4 is 5.32 Å². The van der Waals surface area contributed by atoms with Crippen LogP contribution in [0.1, 0.15) is 43.5 Å². The Morgan fingerprint density at radius 1 is 1.00 bits per heavy atom. The van der Waals surface area contributed by atoms with Crippen molar-refractivity contribution >= 4 is 11.6 Å². The second-order valence-electron chi connectivity index (χ2n) is 4.99. The molecular formula is C17H20ClNO. The van der Waals surface area contributed by atoms with Crippen LogP contribution in [0.4, 0.5) is 0 Å². The van der Waals surface area contributed by atoms with E-state index in [-0.39, 0.29) is 12.1 Å². The Morgan fingerprint density at radius 2 is 1.55 bits per heavy atom. The molecule has 2 N–H and O–H groups in total. The van der Waals surface area contributed by atoms with Crippen LogP contribution in [-0.4, -0.2) is 5.11 Å². The van der Waals surface area contributed by atoms with Gasteiger partial charge in [0.15, 0.2) is 0 Å². The quantitative estimate of drug-likeness (QED) is 0.825. The smallest absolute Gasteiger partial charge is 0.115 e. The molecule has 0 fully saturated rings. The molecule has 2 aromatic carbocycles. The molecule has 20 heavy (non-hydrogen) atoms. The van der Waals surface area contributed by atoms with E-state index >= 15 is 0 Å². The van der Waals surface area contributed by atoms with Crippen molar-refractivity contribution in [3.05, 3.63) is 64.7 Å². The summed E-state index contributed by atoms with van der Waals surface area (Å²) >= 11 is 5.92. The topological polar surface area (TPSA) is 32.3 Å². The van der Waals surface area contributed by atoms with Crippen molar-refractivity contribution in [3.63, 3.8) is 0 Å². The minimum Gasteiger partial charge on any atom is -0.508 e. The van der Waals surface area contributed by atoms with Gasteiger partial charge in [-0.2, -0.15) is 0 Å². The fourth-order valence-electron chi connectivity index (χ4n) is 2.31. The van der Waals surface area contributed by atoms with Crippen molar-refractivity contribution in [1.82, 2.24) is 5.32 Å². The van der Waals surface area contributed by atoms with Crippen LogP contribution in [0.25, 0.3) is 0 Å². The molecule has 2 rings (SSSR count). The Hall–Kier alpha value is -1.51. The minimum absolute atomic E-state index is 0.242. The molecule has 3 heteroatoms. The Kier molecular flexibility index (Phi) is 5.05. The highest BCUT2D eigenvalue weighted by atomic mass is 35.5. The number of nitrogens with one attached hydrogen (secondary N) is 1. The van der Waals surface area contributed by atoms with Crippen molar-refractivity contribution in [2.75, 3.05) is 0 Å². The van der Waals surface area contributed by atoms with Gasteiger partial charge < -0.3 is 10.4 Å². The number of aromatic hydroxyl groups is 1. The first-order valence-corrected chi connectivity index (χ1v) is 7.28. The molecule has 0 aromatic heterocycles. The van der Waals surface area contributed by atoms with Crippen molar-refractivity contribution in [1.29, 1.82) is 0 Å². The molecule has 0 bridgehead atoms. The standard InChI is InChI=1S/C17H20ClNO/c1-3-17(14-6-10-16(20)11-7-14)19-12(2)13-4-8-15(18)9-5-13/h4-12,17,19-20H,3H2,1-2H3. The third kappa shape index (κ3) is 3.75. The first-order valence-electron chi connectivity index (χ1n) is 6.90. The van der Waals surface area contributed by atoms with E-state index in [1.165, 1.54) is 11.1 Å². The highest BCUT2D eigenvalue weighted by Crippen LogP contribution is 2.24. The van der Waals surface area contributed by atoms with Gasteiger partial charge in [-0.05, 0) is 48.7 Å². The highest BCUT2D eigenvalue weighted by molar-refractivity contribution is 6.30. The number of phenolic OH excluding ortho intramolecular Hbond substituents is 1. The molecule has 0 heterocycles. The van der Waals surface area contributed by atoms with E-state index in [9.17, 15) is 5.11 Å². The third-order valence-electron chi connectivity index (χ3n) is 3.52. The van der Waals surface area contributed by atoms with Crippen LogP contribution in [0.2, 0.25) is 5.02 Å². The van der Waals surface area contributed by atoms with Gasteiger partial charge in [0.05, 0.1) is 0 Å². The molecule has 0 aliphatic heterocycles. The van der Waals surface area contributed by atoms with Crippen LogP contribution in [0.15, 0.2) is 48.5 Å². The van der Waals surface area contributed by atoms with Gasteiger partial charge in [0.1, 0.15) is 5.75 Å². The molecule has 0 radical (unpaired) electrons. The lowest BCUT2D eigenvalue weighted by molar-refractivity contribution is 0.453. The number of benzene rings is 2. The SMILES string of the molecule is CCC(NC(C)c1ccc(Cl)cc1)c1ccc(O)cc1. The van der Waals surface area contributed by atoms with Gasteiger partial charge in [0, 0.05) is 17.1 Å². The van der Waals surface area contributed by atoms with Crippen molar-refractivity contribution in [2.24, 2.45) is 0 Å². The van der Waals surface area contributed by atoms with Crippen molar-refractivity contribution in [2.45, 2.75) is 32.4 Å². The first kappa shape index (κ1) is 14.9. The summed E-state index contributed by atoms with van der Waals surface area (Å²) in [5.74, 6) is 0.300. The average molecular weight is 290 g/mol. The number of hydrogen-bond donors (Lipinski definition) is 2. The number of phenols is 1. The second kappa shape index (κ2) is 6.78. The van der Waals surface area contributed by atoms with E-state index in [1.807, 2.05) is 36.4 Å². The highest BCUT2D eigenvalue weighted by Gasteiger charge is 2.13. The Labute approximate surface area is 125 Å². The zero-order valence-corrected chi connectivity index (χ0v) is 12.6. The van der Waals surface area contributed by atoms with E-state index < -0.39 is 0 Å². The Balaban J connectivity index is 2.09. The molecule has 2 unspecified atom stereocenters. The molecule has 0 saturated carbocycles. The molecule has 0 amide bonds. The average Bonchev–Trinajstić information content (AvgIpc) is 2.46. The summed E-state index contributed by atoms with van der Waals surface area (Å²) in [7, 11) is 0. The maximum absolute atomic E-state index is 9.36. The lowest BCUT2D eigenvalue weighted by atomic mass is 10.0. The van der Waals surface area contributed by atoms with Gasteiger partial charge in [-0.1, -0.05) is 42.8 Å². The van der Waals surface area contributed by atoms with E-state index in [4.69, 9.17) is 11.6 Å². The summed E-state index contributed by atoms with van der Waals surface area (Å²) in [5.41, 5.74) is 2.40. The lowest BCUT2D eigenvalue weighted by Crippen LogP contribution is -2.24. The van der Waals surface area contributed by atoms with Gasteiger partial charge in [-0.25, -0.2) is 0 Å². The van der Waals surface area contributed by atoms with E-state index in [1.54, 1.807) is 12.1 Å². The van der Waals surface area contributed by atoms with Gasteiger partial charge in [0.2, 0.25) is 0 Å². The van der Waals surface area contributed by atoms with Gasteiger partial charge >= 0.3 is 0 Å². The normalized spacial score (nSPS) is 13.9. The molecule has 106 valence electrons. The van der Waals surface area contributed by atoms with Gasteiger partial charge in [-0.15, -0.1) is 0 Å². The largest absolute Gasteiger partial charge is 0.508 e. The monoisotopic (exact) mass is 289 g/mol. The van der Waals surface area contributed by atoms with E-state index in [2.05, 4.69) is 19.2 Å². The zero-order valence-electron chi connectivity index (χ0n) is 11.8. The molecular weight excluding hydrogens is 270 g/mol. The summed E-state index contributed by atoms with van der Waals surface area (Å²) in [6.07, 6.45) is 0.989. The molecule has 0 aliphatic rings. The summed E-state index contributed by atoms with van der Waals surface area (Å²) in [6, 6.07) is 15.8. The van der Waals surface area contributed by atoms with Crippen molar-refractivity contribution in [3.8, 4) is 5.75 Å². The maximum Gasteiger partial charge on any atom is 0.115 e. The number of rotatable bonds is 5. The first-order chi connectivity index (χ1) is 9.60. The fourth-order valence-corrected chi connectivity index (χ4v) is 2.43. The van der Waals surface area contributed by atoms with Crippen molar-refractivity contribution < 1.29 is 5.11 Å². The molecule has 2 nitrogen and oxygen atoms in total. The second-order valence-corrected chi connectivity index (χ2v) is 5.43. The predicted octanol–water partition coefficient (Wildman–Crippen LogP) is 4.85. The van der Waals surface area contributed by atoms with Crippen LogP contribution in [0, 0.1) is 0 Å². The lowest BCUT2D eigenvalue weighted by Gasteiger charge is -2.23. The summed E-state index contributed by atoms with van der Waals surface area (Å²) in [6.45, 7) is 4.30. The molecule has 2 aromatic rings. The van der Waals surface area contributed by atoms with Crippen LogP contribution in [-0.2, 0) is 0 Å². The van der Waals surface area contributed by atoms with Crippen LogP contribution in [0.5, 0.6) is 5.75 Å². The third-order valence-corrected chi connectivity index (χ3v) is 3.78. The summed E-state index contributed by atoms with van der Waals surface area (Å²) in [5, 5.41) is 13.7. The van der Waals surface area contributed by atoms with Gasteiger partial charge in [-0.3, -0.25) is 0 Å². The van der Waals surface area contributed by atoms with Gasteiger partial charge in [0.25, 0.3) is 0 Å². The van der Waals surface area contributed by atoms with Crippen LogP contribution >= 0.6 is 11.6 Å². The molecule has 2 atom stereocenters. The van der Waals surface area contributed by atoms with E-state index in [0.29, 0.717) is 5.75 Å². The van der Waals surface area contributed by atoms with E-state index in [0.717, 1.165) is 11.4 Å². The Morgan fingerprint density at radius 3 is 2.10 bits per heavy atom. The fraction of sp³-hybridized carbons (Fsp3) is 0.294. The zero-order chi connectivity index (χ0) is 14.5. The maximum atomic E-state index is 9.36. The summed E-state index contributed by atoms with van der Waals surface area (Å²) < 4.78 is 0.